The first kappa shape index (κ1) is 32.9. The molecule has 6 rings (SSSR count). The number of carbonyl (C=O) groups excluding carboxylic acids is 1. The van der Waals surface area contributed by atoms with Crippen LogP contribution in [0.25, 0.3) is 11.0 Å². The number of Topliss-reactive ketones (excluding diaryl/α,β-unsaturated/α-hetero) is 1. The van der Waals surface area contributed by atoms with Gasteiger partial charge in [-0.25, -0.2) is 18.1 Å². The molecule has 0 N–H and O–H groups in total. The summed E-state index contributed by atoms with van der Waals surface area (Å²) < 4.78 is 37.2. The zero-order valence-corrected chi connectivity index (χ0v) is 29.1. The number of benzene rings is 1. The van der Waals surface area contributed by atoms with Crippen LogP contribution in [-0.2, 0) is 34.3 Å². The average Bonchev–Trinajstić information content (AvgIpc) is 3.62. The molecule has 0 unspecified atom stereocenters. The summed E-state index contributed by atoms with van der Waals surface area (Å²) >= 11 is 1.50. The summed E-state index contributed by atoms with van der Waals surface area (Å²) in [6.07, 6.45) is 6.82. The number of aromatic nitrogens is 6. The highest BCUT2D eigenvalue weighted by molar-refractivity contribution is 7.89. The van der Waals surface area contributed by atoms with Crippen LogP contribution in [0, 0.1) is 19.3 Å². The molecule has 0 saturated carbocycles. The topological polar surface area (TPSA) is 133 Å². The number of aryl methyl sites for hydroxylation is 3. The summed E-state index contributed by atoms with van der Waals surface area (Å²) in [6, 6.07) is 9.40. The predicted octanol–water partition coefficient (Wildman–Crippen LogP) is 5.65. The van der Waals surface area contributed by atoms with Crippen LogP contribution >= 0.6 is 11.3 Å². The predicted molar refractivity (Wildman–Crippen MR) is 180 cm³/mol. The van der Waals surface area contributed by atoms with Gasteiger partial charge in [0.15, 0.2) is 0 Å². The number of fused-ring (bicyclic) bond motifs is 2. The smallest absolute Gasteiger partial charge is 0.248 e. The van der Waals surface area contributed by atoms with Gasteiger partial charge in [0.25, 0.3) is 0 Å². The van der Waals surface area contributed by atoms with Gasteiger partial charge in [0, 0.05) is 47.8 Å². The van der Waals surface area contributed by atoms with E-state index in [9.17, 15) is 13.2 Å². The molecule has 0 spiro atoms. The third-order valence-corrected chi connectivity index (χ3v) is 12.0. The van der Waals surface area contributed by atoms with Crippen molar-refractivity contribution in [3.63, 3.8) is 0 Å². The molecule has 11 nitrogen and oxygen atoms in total. The Morgan fingerprint density at radius 1 is 1.11 bits per heavy atom. The van der Waals surface area contributed by atoms with Crippen molar-refractivity contribution in [2.75, 3.05) is 6.54 Å². The Morgan fingerprint density at radius 2 is 1.89 bits per heavy atom. The number of sulfonamides is 1. The molecule has 0 radical (unpaired) electrons. The summed E-state index contributed by atoms with van der Waals surface area (Å²) in [6.45, 7) is 12.8. The van der Waals surface area contributed by atoms with Crippen molar-refractivity contribution in [1.29, 1.82) is 0 Å². The van der Waals surface area contributed by atoms with Crippen LogP contribution in [0.3, 0.4) is 0 Å². The molecule has 0 saturated heterocycles. The van der Waals surface area contributed by atoms with Crippen molar-refractivity contribution in [3.8, 4) is 5.75 Å². The fourth-order valence-corrected chi connectivity index (χ4v) is 8.96. The van der Waals surface area contributed by atoms with Gasteiger partial charge in [-0.3, -0.25) is 14.8 Å². The van der Waals surface area contributed by atoms with Gasteiger partial charge < -0.3 is 4.74 Å². The minimum atomic E-state index is -3.92. The second kappa shape index (κ2) is 12.9. The lowest BCUT2D eigenvalue weighted by Crippen LogP contribution is -2.36. The summed E-state index contributed by atoms with van der Waals surface area (Å²) in [5.41, 5.74) is 4.18. The molecule has 246 valence electrons. The molecule has 0 aliphatic carbocycles. The molecule has 0 fully saturated rings. The molecule has 5 aromatic rings. The highest BCUT2D eigenvalue weighted by atomic mass is 32.2. The Labute approximate surface area is 279 Å². The van der Waals surface area contributed by atoms with Crippen molar-refractivity contribution in [2.24, 2.45) is 5.41 Å². The van der Waals surface area contributed by atoms with Gasteiger partial charge in [-0.2, -0.15) is 4.31 Å². The number of hydrogen-bond acceptors (Lipinski definition) is 10. The quantitative estimate of drug-likeness (QED) is 0.185. The summed E-state index contributed by atoms with van der Waals surface area (Å²) in [7, 11) is -3.92. The van der Waals surface area contributed by atoms with Gasteiger partial charge in [-0.1, -0.05) is 38.1 Å². The van der Waals surface area contributed by atoms with Crippen molar-refractivity contribution < 1.29 is 17.9 Å². The molecule has 1 aliphatic rings. The number of pyridine rings is 2. The molecule has 1 aromatic carbocycles. The SMILES string of the molecule is CC[C@@H]1CN(Cc2nc([C@@H](c3ccc4c(nnn4CC)c3C)C(C)(C)C(=O)Cc3cccnc3)sc2C)S(=O)(=O)c2cnccc2O1. The Kier molecular flexibility index (Phi) is 8.98. The normalized spacial score (nSPS) is 17.2. The number of rotatable bonds is 10. The molecule has 4 aromatic heterocycles. The van der Waals surface area contributed by atoms with E-state index in [2.05, 4.69) is 26.3 Å². The molecular formula is C34H39N7O4S2. The number of carbonyl (C=O) groups is 1. The fourth-order valence-electron chi connectivity index (χ4n) is 6.23. The van der Waals surface area contributed by atoms with Gasteiger partial charge in [0.2, 0.25) is 10.0 Å². The Balaban J connectivity index is 1.43. The van der Waals surface area contributed by atoms with E-state index in [4.69, 9.17) is 9.72 Å². The number of ketones is 1. The van der Waals surface area contributed by atoms with Gasteiger partial charge in [-0.05, 0) is 62.1 Å². The van der Waals surface area contributed by atoms with Crippen molar-refractivity contribution in [1.82, 2.24) is 34.3 Å². The van der Waals surface area contributed by atoms with Gasteiger partial charge in [0.1, 0.15) is 33.1 Å². The zero-order chi connectivity index (χ0) is 33.5. The van der Waals surface area contributed by atoms with Crippen molar-refractivity contribution >= 4 is 38.2 Å². The average molecular weight is 674 g/mol. The van der Waals surface area contributed by atoms with Gasteiger partial charge >= 0.3 is 0 Å². The summed E-state index contributed by atoms with van der Waals surface area (Å²) in [5, 5.41) is 9.57. The summed E-state index contributed by atoms with van der Waals surface area (Å²) in [5.74, 6) is -0.0775. The molecule has 2 atom stereocenters. The standard InChI is InChI=1S/C34H39N7O4S2/c1-7-24-19-40(47(43,44)29-18-36-15-13-28(29)45-24)20-26-22(4)46-33(37-26)31(34(5,6)30(42)16-23-10-9-14-35-17-23)25-11-12-27-32(21(25)3)38-39-41(27)8-2/h9-15,17-18,24,31H,7-8,16,19-20H2,1-6H3/t24-,31-/m1/s1. The Morgan fingerprint density at radius 3 is 2.62 bits per heavy atom. The lowest BCUT2D eigenvalue weighted by atomic mass is 9.70. The number of thiazole rings is 1. The maximum Gasteiger partial charge on any atom is 0.248 e. The first-order valence-corrected chi connectivity index (χ1v) is 18.0. The molecular weight excluding hydrogens is 635 g/mol. The van der Waals surface area contributed by atoms with Crippen LogP contribution < -0.4 is 4.74 Å². The Hall–Kier alpha value is -4.07. The van der Waals surface area contributed by atoms with E-state index < -0.39 is 21.4 Å². The molecule has 0 bridgehead atoms. The second-order valence-electron chi connectivity index (χ2n) is 12.5. The number of ether oxygens (including phenoxy) is 1. The lowest BCUT2D eigenvalue weighted by Gasteiger charge is -2.33. The minimum Gasteiger partial charge on any atom is -0.488 e. The number of hydrogen-bond donors (Lipinski definition) is 0. The van der Waals surface area contributed by atoms with E-state index in [0.29, 0.717) is 24.4 Å². The first-order chi connectivity index (χ1) is 22.4. The number of nitrogens with zero attached hydrogens (tertiary/aromatic N) is 7. The van der Waals surface area contributed by atoms with E-state index in [1.165, 1.54) is 28.0 Å². The lowest BCUT2D eigenvalue weighted by molar-refractivity contribution is -0.127. The van der Waals surface area contributed by atoms with Crippen LogP contribution in [0.15, 0.2) is 60.0 Å². The Bertz CT molecular complexity index is 2040. The monoisotopic (exact) mass is 673 g/mol. The van der Waals surface area contributed by atoms with E-state index in [1.54, 1.807) is 18.5 Å². The third kappa shape index (κ3) is 6.07. The first-order valence-electron chi connectivity index (χ1n) is 15.8. The van der Waals surface area contributed by atoms with Gasteiger partial charge in [-0.15, -0.1) is 16.4 Å². The van der Waals surface area contributed by atoms with E-state index in [0.717, 1.165) is 37.6 Å². The molecule has 47 heavy (non-hydrogen) atoms. The third-order valence-electron chi connectivity index (χ3n) is 9.12. The van der Waals surface area contributed by atoms with E-state index >= 15 is 0 Å². The molecule has 0 amide bonds. The highest BCUT2D eigenvalue weighted by Crippen LogP contribution is 2.46. The minimum absolute atomic E-state index is 0.0451. The molecule has 1 aliphatic heterocycles. The highest BCUT2D eigenvalue weighted by Gasteiger charge is 2.42. The van der Waals surface area contributed by atoms with Crippen molar-refractivity contribution in [3.05, 3.63) is 87.4 Å². The molecule has 13 heteroatoms. The largest absolute Gasteiger partial charge is 0.488 e. The maximum absolute atomic E-state index is 14.2. The van der Waals surface area contributed by atoms with E-state index in [1.807, 2.05) is 64.4 Å². The second-order valence-corrected chi connectivity index (χ2v) is 15.6. The zero-order valence-electron chi connectivity index (χ0n) is 27.5. The van der Waals surface area contributed by atoms with Crippen LogP contribution in [0.5, 0.6) is 5.75 Å². The van der Waals surface area contributed by atoms with Crippen molar-refractivity contribution in [2.45, 2.75) is 84.4 Å². The van der Waals surface area contributed by atoms with Crippen LogP contribution in [0.4, 0.5) is 0 Å². The van der Waals surface area contributed by atoms with E-state index in [-0.39, 0.29) is 36.3 Å². The van der Waals surface area contributed by atoms with Crippen LogP contribution in [-0.4, -0.2) is 61.1 Å². The summed E-state index contributed by atoms with van der Waals surface area (Å²) in [4.78, 5) is 28.5. The van der Waals surface area contributed by atoms with Gasteiger partial charge in [0.05, 0.1) is 30.5 Å². The van der Waals surface area contributed by atoms with Crippen LogP contribution in [0.1, 0.15) is 72.3 Å². The van der Waals surface area contributed by atoms with Crippen LogP contribution in [0.2, 0.25) is 0 Å². The maximum atomic E-state index is 14.2. The fraction of sp³-hybridized carbons (Fsp3) is 0.412. The molecule has 5 heterocycles.